The molecule has 0 atom stereocenters. The minimum absolute atomic E-state index is 0.132. The summed E-state index contributed by atoms with van der Waals surface area (Å²) in [7, 11) is 0. The van der Waals surface area contributed by atoms with Crippen molar-refractivity contribution in [3.63, 3.8) is 0 Å². The minimum atomic E-state index is 0.132. The lowest BCUT2D eigenvalue weighted by Gasteiger charge is -2.12. The lowest BCUT2D eigenvalue weighted by Crippen LogP contribution is -1.97. The highest BCUT2D eigenvalue weighted by atomic mass is 16.3. The highest BCUT2D eigenvalue weighted by Gasteiger charge is 2.22. The molecule has 0 radical (unpaired) electrons. The molecule has 0 amide bonds. The van der Waals surface area contributed by atoms with Crippen LogP contribution in [-0.4, -0.2) is 19.6 Å². The summed E-state index contributed by atoms with van der Waals surface area (Å²) in [5, 5.41) is 10.7. The molecule has 6 rings (SSSR count). The van der Waals surface area contributed by atoms with Crippen LogP contribution in [-0.2, 0) is 0 Å². The van der Waals surface area contributed by atoms with Crippen molar-refractivity contribution in [1.82, 2.24) is 14.5 Å². The molecule has 2 aromatic heterocycles. The van der Waals surface area contributed by atoms with Gasteiger partial charge in [-0.3, -0.25) is 4.98 Å². The quantitative estimate of drug-likeness (QED) is 0.272. The fraction of sp³-hybridized carbons (Fsp3) is 0. The van der Waals surface area contributed by atoms with Gasteiger partial charge in [0.05, 0.1) is 28.9 Å². The number of fused-ring (bicyclic) bond motifs is 1. The van der Waals surface area contributed by atoms with E-state index < -0.39 is 0 Å². The zero-order chi connectivity index (χ0) is 24.5. The first-order chi connectivity index (χ1) is 17.7. The summed E-state index contributed by atoms with van der Waals surface area (Å²) in [5.41, 5.74) is 7.12. The number of para-hydroxylation sites is 2. The molecule has 36 heavy (non-hydrogen) atoms. The lowest BCUT2D eigenvalue weighted by atomic mass is 9.99. The van der Waals surface area contributed by atoms with E-state index in [9.17, 15) is 5.11 Å². The van der Waals surface area contributed by atoms with E-state index in [0.717, 1.165) is 28.1 Å². The highest BCUT2D eigenvalue weighted by molar-refractivity contribution is 6.03. The van der Waals surface area contributed by atoms with Crippen molar-refractivity contribution in [2.75, 3.05) is 0 Å². The van der Waals surface area contributed by atoms with Crippen LogP contribution < -0.4 is 0 Å². The Morgan fingerprint density at radius 1 is 0.722 bits per heavy atom. The first kappa shape index (κ1) is 21.3. The molecule has 0 unspecified atom stereocenters. The molecule has 0 bridgehead atoms. The van der Waals surface area contributed by atoms with E-state index >= 15 is 0 Å². The monoisotopic (exact) mass is 464 g/mol. The summed E-state index contributed by atoms with van der Waals surface area (Å²) >= 11 is 0. The predicted octanol–water partition coefficient (Wildman–Crippen LogP) is 7.68. The van der Waals surface area contributed by atoms with E-state index in [0.29, 0.717) is 28.1 Å². The number of nitrogens with zero attached hydrogens (tertiary/aromatic N) is 4. The van der Waals surface area contributed by atoms with Crippen LogP contribution in [0.3, 0.4) is 0 Å². The SMILES string of the molecule is [C-]#[N+]c1ccc(-c2cccc(-c3ccccn3)c2)c2nc(-c3ccccc3O)n(-c3ccccc3)c12. The summed E-state index contributed by atoms with van der Waals surface area (Å²) in [4.78, 5) is 13.4. The smallest absolute Gasteiger partial charge is 0.212 e. The lowest BCUT2D eigenvalue weighted by molar-refractivity contribution is 0.477. The number of imidazole rings is 1. The van der Waals surface area contributed by atoms with Gasteiger partial charge in [-0.15, -0.1) is 0 Å². The summed E-state index contributed by atoms with van der Waals surface area (Å²) in [6.45, 7) is 7.89. The number of hydrogen-bond donors (Lipinski definition) is 1. The van der Waals surface area contributed by atoms with Gasteiger partial charge in [0.15, 0.2) is 0 Å². The maximum absolute atomic E-state index is 10.7. The Balaban J connectivity index is 1.68. The van der Waals surface area contributed by atoms with Crippen LogP contribution in [0.2, 0.25) is 0 Å². The van der Waals surface area contributed by atoms with Crippen molar-refractivity contribution in [3.8, 4) is 45.2 Å². The topological polar surface area (TPSA) is 55.3 Å². The molecule has 1 N–H and O–H groups in total. The first-order valence-electron chi connectivity index (χ1n) is 11.5. The average molecular weight is 465 g/mol. The van der Waals surface area contributed by atoms with Gasteiger partial charge in [0.1, 0.15) is 11.6 Å². The molecular weight excluding hydrogens is 444 g/mol. The van der Waals surface area contributed by atoms with Gasteiger partial charge in [0, 0.05) is 23.0 Å². The van der Waals surface area contributed by atoms with E-state index in [1.54, 1.807) is 18.3 Å². The Morgan fingerprint density at radius 3 is 2.28 bits per heavy atom. The van der Waals surface area contributed by atoms with Gasteiger partial charge >= 0.3 is 0 Å². The molecule has 0 saturated carbocycles. The molecule has 0 fully saturated rings. The second-order valence-corrected chi connectivity index (χ2v) is 8.36. The van der Waals surface area contributed by atoms with Crippen molar-refractivity contribution in [2.24, 2.45) is 0 Å². The minimum Gasteiger partial charge on any atom is -0.507 e. The Labute approximate surface area is 208 Å². The van der Waals surface area contributed by atoms with Crippen molar-refractivity contribution in [1.29, 1.82) is 0 Å². The second-order valence-electron chi connectivity index (χ2n) is 8.36. The summed E-state index contributed by atoms with van der Waals surface area (Å²) in [6.07, 6.45) is 1.78. The van der Waals surface area contributed by atoms with E-state index in [4.69, 9.17) is 11.6 Å². The number of rotatable bonds is 4. The number of aromatic nitrogens is 3. The molecule has 0 aliphatic carbocycles. The number of phenols is 1. The van der Waals surface area contributed by atoms with E-state index in [-0.39, 0.29) is 5.75 Å². The van der Waals surface area contributed by atoms with Gasteiger partial charge in [-0.05, 0) is 48.0 Å². The highest BCUT2D eigenvalue weighted by Crippen LogP contribution is 2.41. The Kier molecular flexibility index (Phi) is 5.25. The van der Waals surface area contributed by atoms with Gasteiger partial charge in [-0.2, -0.15) is 0 Å². The molecule has 0 spiro atoms. The van der Waals surface area contributed by atoms with Crippen LogP contribution in [0.5, 0.6) is 5.75 Å². The molecule has 5 heteroatoms. The number of phenolic OH excluding ortho intramolecular Hbond substituents is 1. The van der Waals surface area contributed by atoms with Crippen molar-refractivity contribution < 1.29 is 5.11 Å². The molecule has 0 aliphatic rings. The zero-order valence-electron chi connectivity index (χ0n) is 19.2. The van der Waals surface area contributed by atoms with E-state index in [2.05, 4.69) is 15.9 Å². The molecule has 4 aromatic carbocycles. The fourth-order valence-corrected chi connectivity index (χ4v) is 4.54. The van der Waals surface area contributed by atoms with Crippen LogP contribution in [0, 0.1) is 6.57 Å². The normalized spacial score (nSPS) is 10.9. The third-order valence-corrected chi connectivity index (χ3v) is 6.20. The zero-order valence-corrected chi connectivity index (χ0v) is 19.2. The molecule has 0 aliphatic heterocycles. The first-order valence-corrected chi connectivity index (χ1v) is 11.5. The standard InChI is InChI=1S/C31H20N4O/c1-32-27-18-17-24(21-10-9-11-22(20-21)26-15-7-8-19-33-26)29-30(27)35(23-12-3-2-4-13-23)31(34-29)25-14-5-6-16-28(25)36/h2-20,36H. The Hall–Kier alpha value is -5.21. The Bertz CT molecular complexity index is 1750. The van der Waals surface area contributed by atoms with Gasteiger partial charge in [-0.1, -0.05) is 66.7 Å². The van der Waals surface area contributed by atoms with Crippen molar-refractivity contribution >= 4 is 16.7 Å². The number of pyridine rings is 1. The van der Waals surface area contributed by atoms with Gasteiger partial charge in [0.2, 0.25) is 5.69 Å². The third kappa shape index (κ3) is 3.58. The molecule has 5 nitrogen and oxygen atoms in total. The van der Waals surface area contributed by atoms with E-state index in [1.165, 1.54) is 0 Å². The van der Waals surface area contributed by atoms with Crippen LogP contribution in [0.1, 0.15) is 0 Å². The molecule has 0 saturated heterocycles. The Morgan fingerprint density at radius 2 is 1.50 bits per heavy atom. The maximum atomic E-state index is 10.7. The summed E-state index contributed by atoms with van der Waals surface area (Å²) in [6, 6.07) is 34.8. The van der Waals surface area contributed by atoms with Gasteiger partial charge < -0.3 is 9.67 Å². The fourth-order valence-electron chi connectivity index (χ4n) is 4.54. The summed E-state index contributed by atoms with van der Waals surface area (Å²) < 4.78 is 1.96. The van der Waals surface area contributed by atoms with Crippen LogP contribution in [0.4, 0.5) is 5.69 Å². The number of benzene rings is 4. The van der Waals surface area contributed by atoms with Crippen LogP contribution >= 0.6 is 0 Å². The largest absolute Gasteiger partial charge is 0.507 e. The third-order valence-electron chi connectivity index (χ3n) is 6.20. The predicted molar refractivity (Wildman–Crippen MR) is 143 cm³/mol. The van der Waals surface area contributed by atoms with Crippen molar-refractivity contribution in [2.45, 2.75) is 0 Å². The second kappa shape index (κ2) is 8.86. The number of aromatic hydroxyl groups is 1. The molecular formula is C31H20N4O. The number of hydrogen-bond acceptors (Lipinski definition) is 3. The molecule has 170 valence electrons. The van der Waals surface area contributed by atoms with Crippen molar-refractivity contribution in [3.05, 3.63) is 127 Å². The average Bonchev–Trinajstić information content (AvgIpc) is 3.34. The molecule has 2 heterocycles. The maximum Gasteiger partial charge on any atom is 0.212 e. The summed E-state index contributed by atoms with van der Waals surface area (Å²) in [5.74, 6) is 0.709. The van der Waals surface area contributed by atoms with Crippen LogP contribution in [0.25, 0.3) is 55.3 Å². The van der Waals surface area contributed by atoms with Gasteiger partial charge in [-0.25, -0.2) is 9.83 Å². The van der Waals surface area contributed by atoms with Gasteiger partial charge in [0.25, 0.3) is 0 Å². The van der Waals surface area contributed by atoms with E-state index in [1.807, 2.05) is 95.6 Å². The van der Waals surface area contributed by atoms with Crippen LogP contribution in [0.15, 0.2) is 115 Å². The molecule has 6 aromatic rings.